The summed E-state index contributed by atoms with van der Waals surface area (Å²) in [4.78, 5) is 11.9. The van der Waals surface area contributed by atoms with Gasteiger partial charge in [0, 0.05) is 12.5 Å². The maximum absolute atomic E-state index is 11.9. The van der Waals surface area contributed by atoms with Crippen LogP contribution in [0.2, 0.25) is 0 Å². The molecule has 0 aromatic carbocycles. The second kappa shape index (κ2) is 7.16. The number of aliphatic hydroxyl groups excluding tert-OH is 1. The molecule has 12 atom stereocenters. The molecular formula is C27H44N2O3. The molecular weight excluding hydrogens is 400 g/mol. The van der Waals surface area contributed by atoms with Crippen LogP contribution in [0.5, 0.6) is 0 Å². The van der Waals surface area contributed by atoms with Gasteiger partial charge in [0.25, 0.3) is 0 Å². The first kappa shape index (κ1) is 21.8. The standard InChI is InChI=1S/C27H44N2O3/c1-16-7-12-27(29(15-16)28-31)17(2)24-23(32-27)14-22-20-6-5-18-13-19(30)8-10-25(18,3)21(20)9-11-26(22,24)4/h16-24,30H,5-15H2,1-4H3. The van der Waals surface area contributed by atoms with E-state index in [-0.39, 0.29) is 12.2 Å². The van der Waals surface area contributed by atoms with E-state index in [1.165, 1.54) is 38.5 Å². The van der Waals surface area contributed by atoms with Crippen molar-refractivity contribution >= 4 is 0 Å². The number of nitroso groups, excluding NO2 is 1. The molecule has 12 unspecified atom stereocenters. The molecule has 0 radical (unpaired) electrons. The van der Waals surface area contributed by atoms with Crippen molar-refractivity contribution in [1.29, 1.82) is 0 Å². The van der Waals surface area contributed by atoms with Gasteiger partial charge in [-0.05, 0) is 111 Å². The zero-order valence-electron chi connectivity index (χ0n) is 20.6. The van der Waals surface area contributed by atoms with Crippen molar-refractivity contribution in [3.8, 4) is 0 Å². The summed E-state index contributed by atoms with van der Waals surface area (Å²) in [6, 6.07) is 0. The van der Waals surface area contributed by atoms with Gasteiger partial charge in [-0.3, -0.25) is 0 Å². The van der Waals surface area contributed by atoms with E-state index in [9.17, 15) is 10.0 Å². The molecule has 2 heterocycles. The van der Waals surface area contributed by atoms with Gasteiger partial charge in [-0.1, -0.05) is 27.7 Å². The van der Waals surface area contributed by atoms with Gasteiger partial charge < -0.3 is 9.84 Å². The van der Waals surface area contributed by atoms with E-state index in [4.69, 9.17) is 4.74 Å². The quantitative estimate of drug-likeness (QED) is 0.522. The largest absolute Gasteiger partial charge is 0.393 e. The number of hydrogen-bond acceptors (Lipinski definition) is 4. The van der Waals surface area contributed by atoms with E-state index in [0.717, 1.165) is 50.0 Å². The van der Waals surface area contributed by atoms with Gasteiger partial charge >= 0.3 is 0 Å². The molecule has 180 valence electrons. The highest BCUT2D eigenvalue weighted by atomic mass is 16.5. The summed E-state index contributed by atoms with van der Waals surface area (Å²) in [6.45, 7) is 10.5. The van der Waals surface area contributed by atoms with Crippen molar-refractivity contribution in [2.24, 2.45) is 57.5 Å². The summed E-state index contributed by atoms with van der Waals surface area (Å²) in [6.07, 6.45) is 12.0. The molecule has 4 saturated carbocycles. The zero-order valence-corrected chi connectivity index (χ0v) is 20.6. The van der Waals surface area contributed by atoms with Crippen LogP contribution in [-0.4, -0.2) is 34.6 Å². The number of piperidine rings is 1. The summed E-state index contributed by atoms with van der Waals surface area (Å²) in [5.74, 6) is 4.52. The molecule has 6 fully saturated rings. The van der Waals surface area contributed by atoms with Gasteiger partial charge in [-0.15, -0.1) is 4.91 Å². The molecule has 5 heteroatoms. The fourth-order valence-electron chi connectivity index (χ4n) is 10.7. The van der Waals surface area contributed by atoms with E-state index in [1.54, 1.807) is 5.01 Å². The predicted molar refractivity (Wildman–Crippen MR) is 124 cm³/mol. The molecule has 1 spiro atoms. The topological polar surface area (TPSA) is 62.1 Å². The fraction of sp³-hybridized carbons (Fsp3) is 1.00. The van der Waals surface area contributed by atoms with Crippen LogP contribution in [0.15, 0.2) is 5.29 Å². The first-order valence-electron chi connectivity index (χ1n) is 13.7. The van der Waals surface area contributed by atoms with Crippen LogP contribution in [0.1, 0.15) is 91.9 Å². The van der Waals surface area contributed by atoms with Gasteiger partial charge in [0.05, 0.1) is 17.5 Å². The van der Waals surface area contributed by atoms with E-state index in [2.05, 4.69) is 33.0 Å². The molecule has 6 rings (SSSR count). The van der Waals surface area contributed by atoms with E-state index in [1.807, 2.05) is 0 Å². The van der Waals surface area contributed by atoms with Crippen LogP contribution in [0.4, 0.5) is 0 Å². The van der Waals surface area contributed by atoms with Gasteiger partial charge in [0.2, 0.25) is 0 Å². The number of rotatable bonds is 1. The van der Waals surface area contributed by atoms with Crippen molar-refractivity contribution in [1.82, 2.24) is 5.01 Å². The number of ether oxygens (including phenoxy) is 1. The van der Waals surface area contributed by atoms with Crippen LogP contribution in [0, 0.1) is 57.2 Å². The summed E-state index contributed by atoms with van der Waals surface area (Å²) in [5.41, 5.74) is 0.286. The molecule has 4 aliphatic carbocycles. The lowest BCUT2D eigenvalue weighted by Crippen LogP contribution is -2.57. The van der Waals surface area contributed by atoms with Crippen LogP contribution in [0.3, 0.4) is 0 Å². The maximum Gasteiger partial charge on any atom is 0.162 e. The molecule has 2 aliphatic heterocycles. The normalized spacial score (nSPS) is 59.3. The van der Waals surface area contributed by atoms with Gasteiger partial charge in [-0.2, -0.15) is 0 Å². The summed E-state index contributed by atoms with van der Waals surface area (Å²) < 4.78 is 6.96. The van der Waals surface area contributed by atoms with Crippen molar-refractivity contribution in [3.63, 3.8) is 0 Å². The zero-order chi connectivity index (χ0) is 22.5. The third-order valence-corrected chi connectivity index (χ3v) is 12.3. The molecule has 2 saturated heterocycles. The Kier molecular flexibility index (Phi) is 4.89. The van der Waals surface area contributed by atoms with Crippen LogP contribution < -0.4 is 0 Å². The Bertz CT molecular complexity index is 776. The smallest absolute Gasteiger partial charge is 0.162 e. The average Bonchev–Trinajstić information content (AvgIpc) is 3.21. The molecule has 32 heavy (non-hydrogen) atoms. The molecule has 0 aromatic rings. The minimum Gasteiger partial charge on any atom is -0.393 e. The lowest BCUT2D eigenvalue weighted by atomic mass is 9.44. The molecule has 0 aromatic heterocycles. The van der Waals surface area contributed by atoms with E-state index in [0.29, 0.717) is 34.5 Å². The highest BCUT2D eigenvalue weighted by Crippen LogP contribution is 2.71. The Morgan fingerprint density at radius 1 is 0.938 bits per heavy atom. The van der Waals surface area contributed by atoms with Crippen LogP contribution in [0.25, 0.3) is 0 Å². The summed E-state index contributed by atoms with van der Waals surface area (Å²) >= 11 is 0. The van der Waals surface area contributed by atoms with Crippen molar-refractivity contribution in [2.75, 3.05) is 6.54 Å². The Morgan fingerprint density at radius 2 is 1.72 bits per heavy atom. The Labute approximate surface area is 194 Å². The highest BCUT2D eigenvalue weighted by Gasteiger charge is 2.70. The first-order chi connectivity index (χ1) is 15.2. The lowest BCUT2D eigenvalue weighted by molar-refractivity contribution is -0.198. The SMILES string of the molecule is CC1CCC2(OC3CC4C5CCC6CC(O)CCC6(C)C5CCC4(C)C3C2C)N(N=O)C1. The fourth-order valence-corrected chi connectivity index (χ4v) is 10.7. The second-order valence-corrected chi connectivity index (χ2v) is 13.5. The Morgan fingerprint density at radius 3 is 2.50 bits per heavy atom. The van der Waals surface area contributed by atoms with E-state index < -0.39 is 5.72 Å². The highest BCUT2D eigenvalue weighted by molar-refractivity contribution is 5.16. The number of nitrogens with zero attached hydrogens (tertiary/aromatic N) is 2. The molecule has 6 aliphatic rings. The van der Waals surface area contributed by atoms with Crippen LogP contribution >= 0.6 is 0 Å². The van der Waals surface area contributed by atoms with Gasteiger partial charge in [0.15, 0.2) is 5.72 Å². The average molecular weight is 445 g/mol. The van der Waals surface area contributed by atoms with E-state index >= 15 is 0 Å². The minimum atomic E-state index is -0.461. The third-order valence-electron chi connectivity index (χ3n) is 12.3. The summed E-state index contributed by atoms with van der Waals surface area (Å²) in [5, 5.41) is 15.6. The third kappa shape index (κ3) is 2.70. The number of hydrogen-bond donors (Lipinski definition) is 1. The summed E-state index contributed by atoms with van der Waals surface area (Å²) in [7, 11) is 0. The van der Waals surface area contributed by atoms with Gasteiger partial charge in [-0.25, -0.2) is 5.01 Å². The monoisotopic (exact) mass is 444 g/mol. The molecule has 0 bridgehead atoms. The maximum atomic E-state index is 11.9. The minimum absolute atomic E-state index is 0.0673. The van der Waals surface area contributed by atoms with Crippen LogP contribution in [-0.2, 0) is 4.74 Å². The Hall–Kier alpha value is -0.680. The second-order valence-electron chi connectivity index (χ2n) is 13.5. The van der Waals surface area contributed by atoms with Crippen molar-refractivity contribution < 1.29 is 9.84 Å². The van der Waals surface area contributed by atoms with Crippen molar-refractivity contribution in [3.05, 3.63) is 4.91 Å². The predicted octanol–water partition coefficient (Wildman–Crippen LogP) is 5.76. The Balaban J connectivity index is 1.28. The van der Waals surface area contributed by atoms with Crippen molar-refractivity contribution in [2.45, 2.75) is 110 Å². The first-order valence-corrected chi connectivity index (χ1v) is 13.7. The van der Waals surface area contributed by atoms with Gasteiger partial charge in [0.1, 0.15) is 0 Å². The molecule has 0 amide bonds. The number of fused-ring (bicyclic) bond motifs is 7. The number of aliphatic hydroxyl groups is 1. The molecule has 5 nitrogen and oxygen atoms in total. The lowest BCUT2D eigenvalue weighted by Gasteiger charge is -2.61. The molecule has 1 N–H and O–H groups in total.